The van der Waals surface area contributed by atoms with Crippen molar-refractivity contribution in [1.82, 2.24) is 10.3 Å². The molecule has 3 rings (SSSR count). The van der Waals surface area contributed by atoms with Gasteiger partial charge in [0.25, 0.3) is 0 Å². The van der Waals surface area contributed by atoms with Crippen LogP contribution >= 0.6 is 0 Å². The lowest BCUT2D eigenvalue weighted by molar-refractivity contribution is 0.342. The fourth-order valence-corrected chi connectivity index (χ4v) is 3.05. The first-order valence-corrected chi connectivity index (χ1v) is 7.45. The maximum Gasteiger partial charge on any atom is 0.0346 e. The summed E-state index contributed by atoms with van der Waals surface area (Å²) in [4.78, 5) is 4.15. The summed E-state index contributed by atoms with van der Waals surface area (Å²) in [6.45, 7) is 2.16. The molecule has 2 heteroatoms. The second-order valence-electron chi connectivity index (χ2n) is 5.69. The maximum absolute atomic E-state index is 4.15. The van der Waals surface area contributed by atoms with Crippen molar-refractivity contribution in [3.8, 4) is 0 Å². The van der Waals surface area contributed by atoms with Crippen molar-refractivity contribution in [3.63, 3.8) is 0 Å². The van der Waals surface area contributed by atoms with E-state index in [1.165, 1.54) is 55.0 Å². The molecule has 2 nitrogen and oxygen atoms in total. The summed E-state index contributed by atoms with van der Waals surface area (Å²) >= 11 is 0. The first-order chi connectivity index (χ1) is 9.42. The number of hydrogen-bond donors (Lipinski definition) is 1. The zero-order valence-corrected chi connectivity index (χ0v) is 11.4. The van der Waals surface area contributed by atoms with Crippen LogP contribution < -0.4 is 5.32 Å². The Kier molecular flexibility index (Phi) is 4.09. The average Bonchev–Trinajstić information content (AvgIpc) is 2.48. The molecule has 1 aliphatic carbocycles. The minimum Gasteiger partial charge on any atom is -0.312 e. The fraction of sp³-hybridized carbons (Fsp3) is 0.471. The number of fused-ring (bicyclic) bond motifs is 1. The lowest BCUT2D eigenvalue weighted by atomic mass is 9.89. The van der Waals surface area contributed by atoms with Gasteiger partial charge in [-0.25, -0.2) is 0 Å². The van der Waals surface area contributed by atoms with Gasteiger partial charge in [-0.2, -0.15) is 0 Å². The molecule has 2 aromatic rings. The van der Waals surface area contributed by atoms with Gasteiger partial charge in [0.2, 0.25) is 0 Å². The molecule has 1 aromatic carbocycles. The van der Waals surface area contributed by atoms with Crippen LogP contribution in [0.1, 0.15) is 37.7 Å². The molecule has 0 unspecified atom stereocenters. The van der Waals surface area contributed by atoms with Crippen LogP contribution in [-0.2, 0) is 6.54 Å². The van der Waals surface area contributed by atoms with Crippen molar-refractivity contribution in [2.75, 3.05) is 6.54 Å². The van der Waals surface area contributed by atoms with Crippen LogP contribution in [0, 0.1) is 5.92 Å². The molecule has 100 valence electrons. The molecule has 1 fully saturated rings. The molecular formula is C17H22N2. The Morgan fingerprint density at radius 2 is 1.95 bits per heavy atom. The minimum absolute atomic E-state index is 0.901. The van der Waals surface area contributed by atoms with Crippen LogP contribution in [0.2, 0.25) is 0 Å². The second kappa shape index (κ2) is 6.16. The number of benzene rings is 1. The molecule has 1 heterocycles. The molecule has 0 aliphatic heterocycles. The third-order valence-electron chi connectivity index (χ3n) is 4.19. The molecule has 0 spiro atoms. The number of rotatable bonds is 4. The highest BCUT2D eigenvalue weighted by Crippen LogP contribution is 2.23. The smallest absolute Gasteiger partial charge is 0.0346 e. The molecule has 0 saturated heterocycles. The second-order valence-corrected chi connectivity index (χ2v) is 5.69. The topological polar surface area (TPSA) is 24.9 Å². The van der Waals surface area contributed by atoms with Gasteiger partial charge >= 0.3 is 0 Å². The van der Waals surface area contributed by atoms with E-state index in [-0.39, 0.29) is 0 Å². The molecule has 1 aromatic heterocycles. The highest BCUT2D eigenvalue weighted by molar-refractivity contribution is 5.81. The first kappa shape index (κ1) is 12.6. The molecule has 1 saturated carbocycles. The van der Waals surface area contributed by atoms with Crippen molar-refractivity contribution in [2.45, 2.75) is 38.6 Å². The van der Waals surface area contributed by atoms with E-state index in [1.54, 1.807) is 0 Å². The van der Waals surface area contributed by atoms with Crippen molar-refractivity contribution < 1.29 is 0 Å². The Morgan fingerprint density at radius 3 is 2.84 bits per heavy atom. The van der Waals surface area contributed by atoms with Gasteiger partial charge in [0.15, 0.2) is 0 Å². The molecular weight excluding hydrogens is 232 g/mol. The standard InChI is InChI=1S/C17H22N2/c1-2-4-14(5-3-1)11-19-12-15-6-7-17-13-18-9-8-16(17)10-15/h6-10,13-14,19H,1-5,11-12H2. The number of nitrogens with one attached hydrogen (secondary N) is 1. The molecule has 19 heavy (non-hydrogen) atoms. The fourth-order valence-electron chi connectivity index (χ4n) is 3.05. The molecule has 1 aliphatic rings. The Bertz CT molecular complexity index is 530. The first-order valence-electron chi connectivity index (χ1n) is 7.45. The zero-order valence-electron chi connectivity index (χ0n) is 11.4. The third kappa shape index (κ3) is 3.32. The van der Waals surface area contributed by atoms with Crippen LogP contribution in [0.3, 0.4) is 0 Å². The monoisotopic (exact) mass is 254 g/mol. The summed E-state index contributed by atoms with van der Waals surface area (Å²) in [6.07, 6.45) is 10.9. The maximum atomic E-state index is 4.15. The van der Waals surface area contributed by atoms with Gasteiger partial charge in [-0.3, -0.25) is 4.98 Å². The number of pyridine rings is 1. The van der Waals surface area contributed by atoms with Crippen molar-refractivity contribution in [3.05, 3.63) is 42.2 Å². The molecule has 1 N–H and O–H groups in total. The summed E-state index contributed by atoms with van der Waals surface area (Å²) in [5, 5.41) is 6.13. The van der Waals surface area contributed by atoms with Crippen molar-refractivity contribution >= 4 is 10.8 Å². The number of aromatic nitrogens is 1. The van der Waals surface area contributed by atoms with Gasteiger partial charge < -0.3 is 5.32 Å². The van der Waals surface area contributed by atoms with E-state index in [9.17, 15) is 0 Å². The van der Waals surface area contributed by atoms with Crippen LogP contribution in [0.25, 0.3) is 10.8 Å². The Hall–Kier alpha value is -1.41. The average molecular weight is 254 g/mol. The van der Waals surface area contributed by atoms with E-state index in [1.807, 2.05) is 12.4 Å². The number of hydrogen-bond acceptors (Lipinski definition) is 2. The van der Waals surface area contributed by atoms with Crippen LogP contribution in [0.4, 0.5) is 0 Å². The van der Waals surface area contributed by atoms with Crippen LogP contribution in [0.5, 0.6) is 0 Å². The van der Waals surface area contributed by atoms with Crippen LogP contribution in [0.15, 0.2) is 36.7 Å². The van der Waals surface area contributed by atoms with Gasteiger partial charge in [0.1, 0.15) is 0 Å². The lowest BCUT2D eigenvalue weighted by Gasteiger charge is -2.21. The minimum atomic E-state index is 0.901. The summed E-state index contributed by atoms with van der Waals surface area (Å²) < 4.78 is 0. The van der Waals surface area contributed by atoms with E-state index in [2.05, 4.69) is 34.6 Å². The van der Waals surface area contributed by atoms with E-state index >= 15 is 0 Å². The summed E-state index contributed by atoms with van der Waals surface area (Å²) in [5.41, 5.74) is 1.37. The number of nitrogens with zero attached hydrogens (tertiary/aromatic N) is 1. The van der Waals surface area contributed by atoms with E-state index in [0.29, 0.717) is 0 Å². The SMILES string of the molecule is c1cc2cc(CNCC3CCCCC3)ccc2cn1. The Balaban J connectivity index is 1.56. The predicted octanol–water partition coefficient (Wildman–Crippen LogP) is 3.90. The quantitative estimate of drug-likeness (QED) is 0.895. The Morgan fingerprint density at radius 1 is 1.05 bits per heavy atom. The van der Waals surface area contributed by atoms with Gasteiger partial charge in [-0.05, 0) is 48.4 Å². The summed E-state index contributed by atoms with van der Waals surface area (Å²) in [6, 6.07) is 8.72. The van der Waals surface area contributed by atoms with Crippen molar-refractivity contribution in [2.24, 2.45) is 5.92 Å². The third-order valence-corrected chi connectivity index (χ3v) is 4.19. The highest BCUT2D eigenvalue weighted by atomic mass is 14.9. The van der Waals surface area contributed by atoms with E-state index < -0.39 is 0 Å². The van der Waals surface area contributed by atoms with Gasteiger partial charge in [-0.1, -0.05) is 31.4 Å². The van der Waals surface area contributed by atoms with E-state index in [4.69, 9.17) is 0 Å². The lowest BCUT2D eigenvalue weighted by Crippen LogP contribution is -2.24. The zero-order chi connectivity index (χ0) is 12.9. The highest BCUT2D eigenvalue weighted by Gasteiger charge is 2.12. The van der Waals surface area contributed by atoms with Crippen molar-refractivity contribution in [1.29, 1.82) is 0 Å². The van der Waals surface area contributed by atoms with Gasteiger partial charge in [0, 0.05) is 24.3 Å². The Labute approximate surface area is 115 Å². The molecule has 0 bridgehead atoms. The van der Waals surface area contributed by atoms with Crippen LogP contribution in [-0.4, -0.2) is 11.5 Å². The normalized spacial score (nSPS) is 16.8. The summed E-state index contributed by atoms with van der Waals surface area (Å²) in [5.74, 6) is 0.901. The van der Waals surface area contributed by atoms with E-state index in [0.717, 1.165) is 12.5 Å². The molecule has 0 amide bonds. The summed E-state index contributed by atoms with van der Waals surface area (Å²) in [7, 11) is 0. The van der Waals surface area contributed by atoms with Gasteiger partial charge in [0.05, 0.1) is 0 Å². The molecule has 0 radical (unpaired) electrons. The van der Waals surface area contributed by atoms with Gasteiger partial charge in [-0.15, -0.1) is 0 Å². The molecule has 0 atom stereocenters. The predicted molar refractivity (Wildman–Crippen MR) is 80.0 cm³/mol. The largest absolute Gasteiger partial charge is 0.312 e.